The average Bonchev–Trinajstić information content (AvgIpc) is 2.63. The van der Waals surface area contributed by atoms with Gasteiger partial charge in [0.25, 0.3) is 5.56 Å². The number of hydrogen-bond donors (Lipinski definition) is 0. The predicted octanol–water partition coefficient (Wildman–Crippen LogP) is 2.56. The molecule has 0 saturated heterocycles. The summed E-state index contributed by atoms with van der Waals surface area (Å²) >= 11 is 0. The zero-order valence-electron chi connectivity index (χ0n) is 14.9. The van der Waals surface area contributed by atoms with Gasteiger partial charge in [-0.3, -0.25) is 4.79 Å². The number of rotatable bonds is 6. The van der Waals surface area contributed by atoms with E-state index in [0.717, 1.165) is 34.3 Å². The van der Waals surface area contributed by atoms with Crippen LogP contribution in [0.25, 0.3) is 10.8 Å². The Labute approximate surface area is 147 Å². The van der Waals surface area contributed by atoms with Gasteiger partial charge in [0.15, 0.2) is 0 Å². The van der Waals surface area contributed by atoms with Crippen LogP contribution in [0.15, 0.2) is 53.3 Å². The maximum atomic E-state index is 12.7. The molecular weight excluding hydrogens is 314 g/mol. The molecule has 2 aromatic carbocycles. The second kappa shape index (κ2) is 7.49. The quantitative estimate of drug-likeness (QED) is 0.694. The Morgan fingerprint density at radius 1 is 1.04 bits per heavy atom. The van der Waals surface area contributed by atoms with Gasteiger partial charge in [0, 0.05) is 18.4 Å². The van der Waals surface area contributed by atoms with E-state index in [1.165, 1.54) is 0 Å². The maximum absolute atomic E-state index is 12.7. The summed E-state index contributed by atoms with van der Waals surface area (Å²) in [6.45, 7) is 1.35. The minimum atomic E-state index is -0.0315. The number of ether oxygens (including phenoxy) is 1. The van der Waals surface area contributed by atoms with Gasteiger partial charge in [-0.05, 0) is 37.9 Å². The molecule has 25 heavy (non-hydrogen) atoms. The Hall–Kier alpha value is -2.66. The molecule has 0 radical (unpaired) electrons. The van der Waals surface area contributed by atoms with Crippen LogP contribution in [-0.4, -0.2) is 42.4 Å². The summed E-state index contributed by atoms with van der Waals surface area (Å²) in [4.78, 5) is 14.7. The smallest absolute Gasteiger partial charge is 0.274 e. The second-order valence-corrected chi connectivity index (χ2v) is 6.35. The van der Waals surface area contributed by atoms with Crippen molar-refractivity contribution in [3.8, 4) is 5.75 Å². The Morgan fingerprint density at radius 2 is 1.72 bits per heavy atom. The third-order valence-corrected chi connectivity index (χ3v) is 4.23. The van der Waals surface area contributed by atoms with Crippen LogP contribution in [0.2, 0.25) is 0 Å². The zero-order chi connectivity index (χ0) is 17.8. The van der Waals surface area contributed by atoms with Crippen LogP contribution in [0.1, 0.15) is 11.3 Å². The fourth-order valence-electron chi connectivity index (χ4n) is 2.82. The van der Waals surface area contributed by atoms with E-state index in [1.807, 2.05) is 67.5 Å². The molecule has 0 bridgehead atoms. The molecule has 0 saturated carbocycles. The third-order valence-electron chi connectivity index (χ3n) is 4.23. The van der Waals surface area contributed by atoms with E-state index in [0.29, 0.717) is 13.0 Å². The van der Waals surface area contributed by atoms with E-state index in [4.69, 9.17) is 4.74 Å². The molecule has 0 aliphatic rings. The van der Waals surface area contributed by atoms with Crippen LogP contribution >= 0.6 is 0 Å². The van der Waals surface area contributed by atoms with Gasteiger partial charge in [-0.15, -0.1) is 0 Å². The van der Waals surface area contributed by atoms with Gasteiger partial charge in [0.1, 0.15) is 5.75 Å². The number of fused-ring (bicyclic) bond motifs is 1. The summed E-state index contributed by atoms with van der Waals surface area (Å²) in [6, 6.07) is 15.7. The zero-order valence-corrected chi connectivity index (χ0v) is 14.9. The molecule has 0 atom stereocenters. The molecule has 3 aromatic rings. The minimum Gasteiger partial charge on any atom is -0.497 e. The molecule has 1 aromatic heterocycles. The van der Waals surface area contributed by atoms with Crippen molar-refractivity contribution in [3.05, 3.63) is 70.1 Å². The van der Waals surface area contributed by atoms with Crippen molar-refractivity contribution in [2.45, 2.75) is 13.0 Å². The maximum Gasteiger partial charge on any atom is 0.274 e. The van der Waals surface area contributed by atoms with Gasteiger partial charge < -0.3 is 9.64 Å². The number of likely N-dealkylation sites (N-methyl/N-ethyl adjacent to an activating group) is 1. The van der Waals surface area contributed by atoms with Crippen molar-refractivity contribution < 1.29 is 4.74 Å². The first kappa shape index (κ1) is 17.2. The lowest BCUT2D eigenvalue weighted by Gasteiger charge is -2.14. The van der Waals surface area contributed by atoms with Gasteiger partial charge in [-0.2, -0.15) is 5.10 Å². The molecule has 5 heteroatoms. The van der Waals surface area contributed by atoms with Crippen LogP contribution in [-0.2, 0) is 13.0 Å². The lowest BCUT2D eigenvalue weighted by Crippen LogP contribution is -2.29. The summed E-state index contributed by atoms with van der Waals surface area (Å²) in [5, 5.41) is 6.30. The van der Waals surface area contributed by atoms with Crippen molar-refractivity contribution in [2.75, 3.05) is 27.7 Å². The summed E-state index contributed by atoms with van der Waals surface area (Å²) in [7, 11) is 5.64. The first-order chi connectivity index (χ1) is 12.1. The molecule has 3 rings (SSSR count). The highest BCUT2D eigenvalue weighted by molar-refractivity contribution is 5.83. The van der Waals surface area contributed by atoms with E-state index >= 15 is 0 Å². The van der Waals surface area contributed by atoms with Crippen molar-refractivity contribution in [3.63, 3.8) is 0 Å². The molecule has 0 aliphatic heterocycles. The monoisotopic (exact) mass is 337 g/mol. The minimum absolute atomic E-state index is 0.0315. The first-order valence-electron chi connectivity index (χ1n) is 8.35. The van der Waals surface area contributed by atoms with Crippen molar-refractivity contribution >= 4 is 10.8 Å². The van der Waals surface area contributed by atoms with E-state index in [2.05, 4.69) is 5.10 Å². The highest BCUT2D eigenvalue weighted by Gasteiger charge is 2.11. The fourth-order valence-corrected chi connectivity index (χ4v) is 2.82. The third kappa shape index (κ3) is 3.88. The number of aromatic nitrogens is 2. The molecule has 0 unspecified atom stereocenters. The Morgan fingerprint density at radius 3 is 2.36 bits per heavy atom. The topological polar surface area (TPSA) is 47.4 Å². The first-order valence-corrected chi connectivity index (χ1v) is 8.35. The molecule has 1 heterocycles. The standard InChI is InChI=1S/C20H23N3O2/c1-22(2)12-13-23-20(24)18-7-5-4-6-17(18)19(21-23)14-15-8-10-16(25-3)11-9-15/h4-11H,12-14H2,1-3H3. The predicted molar refractivity (Wildman–Crippen MR) is 100 cm³/mol. The highest BCUT2D eigenvalue weighted by atomic mass is 16.5. The summed E-state index contributed by atoms with van der Waals surface area (Å²) in [5.41, 5.74) is 2.02. The highest BCUT2D eigenvalue weighted by Crippen LogP contribution is 2.19. The largest absolute Gasteiger partial charge is 0.497 e. The normalized spacial score (nSPS) is 11.2. The van der Waals surface area contributed by atoms with E-state index < -0.39 is 0 Å². The number of hydrogen-bond acceptors (Lipinski definition) is 4. The average molecular weight is 337 g/mol. The van der Waals surface area contributed by atoms with Crippen LogP contribution < -0.4 is 10.3 Å². The lowest BCUT2D eigenvalue weighted by atomic mass is 10.0. The second-order valence-electron chi connectivity index (χ2n) is 6.35. The van der Waals surface area contributed by atoms with Gasteiger partial charge in [0.05, 0.1) is 24.7 Å². The molecule has 0 aliphatic carbocycles. The van der Waals surface area contributed by atoms with Crippen LogP contribution in [0.5, 0.6) is 5.75 Å². The Bertz CT molecular complexity index is 914. The van der Waals surface area contributed by atoms with Crippen molar-refractivity contribution in [1.29, 1.82) is 0 Å². The van der Waals surface area contributed by atoms with Gasteiger partial charge in [-0.1, -0.05) is 30.3 Å². The summed E-state index contributed by atoms with van der Waals surface area (Å²) < 4.78 is 6.80. The molecule has 5 nitrogen and oxygen atoms in total. The molecule has 0 amide bonds. The molecular formula is C20H23N3O2. The number of nitrogens with zero attached hydrogens (tertiary/aromatic N) is 3. The van der Waals surface area contributed by atoms with Crippen molar-refractivity contribution in [2.24, 2.45) is 0 Å². The molecule has 0 fully saturated rings. The SMILES string of the molecule is COc1ccc(Cc2nn(CCN(C)C)c(=O)c3ccccc23)cc1. The van der Waals surface area contributed by atoms with Gasteiger partial charge in [0.2, 0.25) is 0 Å². The Balaban J connectivity index is 2.02. The van der Waals surface area contributed by atoms with Gasteiger partial charge >= 0.3 is 0 Å². The van der Waals surface area contributed by atoms with Crippen LogP contribution in [0.3, 0.4) is 0 Å². The lowest BCUT2D eigenvalue weighted by molar-refractivity contribution is 0.367. The molecule has 0 spiro atoms. The van der Waals surface area contributed by atoms with Crippen LogP contribution in [0, 0.1) is 0 Å². The molecule has 0 N–H and O–H groups in total. The summed E-state index contributed by atoms with van der Waals surface area (Å²) in [6.07, 6.45) is 0.673. The van der Waals surface area contributed by atoms with E-state index in [-0.39, 0.29) is 5.56 Å². The van der Waals surface area contributed by atoms with Crippen LogP contribution in [0.4, 0.5) is 0 Å². The van der Waals surface area contributed by atoms with Crippen molar-refractivity contribution in [1.82, 2.24) is 14.7 Å². The van der Waals surface area contributed by atoms with E-state index in [1.54, 1.807) is 11.8 Å². The van der Waals surface area contributed by atoms with E-state index in [9.17, 15) is 4.79 Å². The fraction of sp³-hybridized carbons (Fsp3) is 0.300. The number of methoxy groups -OCH3 is 1. The van der Waals surface area contributed by atoms with Gasteiger partial charge in [-0.25, -0.2) is 4.68 Å². The summed E-state index contributed by atoms with van der Waals surface area (Å²) in [5.74, 6) is 0.831. The molecule has 130 valence electrons. The Kier molecular flexibility index (Phi) is 5.14. The number of benzene rings is 2.